The molecule has 1 fully saturated rings. The molecule has 2 atom stereocenters. The van der Waals surface area contributed by atoms with Crippen LogP contribution in [-0.4, -0.2) is 33.6 Å². The summed E-state index contributed by atoms with van der Waals surface area (Å²) in [6.45, 7) is 0. The molecule has 0 aromatic heterocycles. The Morgan fingerprint density at radius 2 is 1.50 bits per heavy atom. The number of carbonyl (C=O) groups excluding carboxylic acids is 3. The van der Waals surface area contributed by atoms with Gasteiger partial charge in [-0.3, -0.25) is 29.4 Å². The van der Waals surface area contributed by atoms with Crippen molar-refractivity contribution >= 4 is 52.3 Å². The predicted molar refractivity (Wildman–Crippen MR) is 120 cm³/mol. The second-order valence-corrected chi connectivity index (χ2v) is 8.59. The average molecular weight is 500 g/mol. The number of amides is 3. The van der Waals surface area contributed by atoms with Crippen molar-refractivity contribution in [1.82, 2.24) is 4.90 Å². The summed E-state index contributed by atoms with van der Waals surface area (Å²) in [5, 5.41) is 12.0. The second kappa shape index (κ2) is 7.89. The van der Waals surface area contributed by atoms with E-state index in [1.807, 2.05) is 0 Å². The van der Waals surface area contributed by atoms with Crippen LogP contribution in [0.5, 0.6) is 0 Å². The molecular formula is C23H12Cl2FN3O5. The molecule has 0 aliphatic carbocycles. The van der Waals surface area contributed by atoms with Crippen LogP contribution in [0.4, 0.5) is 15.8 Å². The molecule has 3 aromatic rings. The predicted octanol–water partition coefficient (Wildman–Crippen LogP) is 4.79. The van der Waals surface area contributed by atoms with Crippen LogP contribution in [0.3, 0.4) is 0 Å². The molecule has 2 heterocycles. The van der Waals surface area contributed by atoms with E-state index in [1.165, 1.54) is 59.5 Å². The molecule has 0 unspecified atom stereocenters. The van der Waals surface area contributed by atoms with Crippen molar-refractivity contribution in [2.24, 2.45) is 0 Å². The van der Waals surface area contributed by atoms with Gasteiger partial charge in [-0.2, -0.15) is 0 Å². The minimum Gasteiger partial charge on any atom is -0.300 e. The second-order valence-electron chi connectivity index (χ2n) is 7.71. The molecule has 34 heavy (non-hydrogen) atoms. The molecule has 3 aromatic carbocycles. The lowest BCUT2D eigenvalue weighted by atomic mass is 9.86. The van der Waals surface area contributed by atoms with E-state index in [4.69, 9.17) is 23.2 Å². The summed E-state index contributed by atoms with van der Waals surface area (Å²) in [7, 11) is 0. The van der Waals surface area contributed by atoms with E-state index in [2.05, 4.69) is 0 Å². The zero-order chi connectivity index (χ0) is 24.3. The zero-order valence-corrected chi connectivity index (χ0v) is 18.5. The number of hydrogen-bond donors (Lipinski definition) is 0. The molecule has 1 saturated heterocycles. The number of hydrogen-bond acceptors (Lipinski definition) is 5. The van der Waals surface area contributed by atoms with E-state index >= 15 is 0 Å². The molecule has 0 N–H and O–H groups in total. The Morgan fingerprint density at radius 1 is 0.853 bits per heavy atom. The summed E-state index contributed by atoms with van der Waals surface area (Å²) < 4.78 is 13.6. The van der Waals surface area contributed by atoms with E-state index in [0.717, 1.165) is 11.0 Å². The molecule has 2 aliphatic heterocycles. The fourth-order valence-corrected chi connectivity index (χ4v) is 4.89. The lowest BCUT2D eigenvalue weighted by molar-refractivity contribution is -0.385. The summed E-state index contributed by atoms with van der Waals surface area (Å²) in [5.41, 5.74) is -0.299. The SMILES string of the molecule is O=C1c2cccc([N+](=O)[O-])c2C(=O)N1[C@@H]1C(=O)N(c2cc(Cl)cc(Cl)c2)[C@@H]1c1ccc(F)cc1. The van der Waals surface area contributed by atoms with Crippen LogP contribution in [0.15, 0.2) is 60.7 Å². The van der Waals surface area contributed by atoms with Crippen LogP contribution in [0.2, 0.25) is 10.0 Å². The van der Waals surface area contributed by atoms with Crippen LogP contribution < -0.4 is 4.90 Å². The van der Waals surface area contributed by atoms with Gasteiger partial charge in [0.15, 0.2) is 0 Å². The van der Waals surface area contributed by atoms with E-state index in [0.29, 0.717) is 11.3 Å². The molecule has 0 bridgehead atoms. The minimum atomic E-state index is -1.31. The van der Waals surface area contributed by atoms with Gasteiger partial charge < -0.3 is 4.90 Å². The highest BCUT2D eigenvalue weighted by atomic mass is 35.5. The molecule has 0 spiro atoms. The maximum Gasteiger partial charge on any atom is 0.282 e. The van der Waals surface area contributed by atoms with Gasteiger partial charge in [-0.25, -0.2) is 4.39 Å². The number of nitro benzene ring substituents is 1. The van der Waals surface area contributed by atoms with Crippen molar-refractivity contribution in [2.45, 2.75) is 12.1 Å². The number of anilines is 1. The maximum absolute atomic E-state index is 13.6. The van der Waals surface area contributed by atoms with Crippen molar-refractivity contribution in [1.29, 1.82) is 0 Å². The first-order valence-electron chi connectivity index (χ1n) is 9.89. The molecular weight excluding hydrogens is 488 g/mol. The Balaban J connectivity index is 1.62. The number of halogens is 3. The van der Waals surface area contributed by atoms with Crippen LogP contribution in [0.1, 0.15) is 32.3 Å². The van der Waals surface area contributed by atoms with E-state index < -0.39 is 46.2 Å². The Morgan fingerprint density at radius 3 is 2.12 bits per heavy atom. The fraction of sp³-hybridized carbons (Fsp3) is 0.0870. The fourth-order valence-electron chi connectivity index (χ4n) is 4.37. The molecule has 3 amide bonds. The molecule has 0 saturated carbocycles. The van der Waals surface area contributed by atoms with Crippen molar-refractivity contribution in [2.75, 3.05) is 4.90 Å². The number of fused-ring (bicyclic) bond motifs is 1. The molecule has 5 rings (SSSR count). The number of benzene rings is 3. The molecule has 11 heteroatoms. The number of carbonyl (C=O) groups is 3. The number of β-lactam (4-membered cyclic amide) rings is 1. The monoisotopic (exact) mass is 499 g/mol. The van der Waals surface area contributed by atoms with Gasteiger partial charge in [-0.15, -0.1) is 0 Å². The van der Waals surface area contributed by atoms with Gasteiger partial charge >= 0.3 is 0 Å². The summed E-state index contributed by atoms with van der Waals surface area (Å²) >= 11 is 12.2. The van der Waals surface area contributed by atoms with Gasteiger partial charge in [0, 0.05) is 21.8 Å². The van der Waals surface area contributed by atoms with Gasteiger partial charge in [0.25, 0.3) is 23.4 Å². The van der Waals surface area contributed by atoms with Crippen molar-refractivity contribution in [3.63, 3.8) is 0 Å². The van der Waals surface area contributed by atoms with Crippen LogP contribution in [-0.2, 0) is 4.79 Å². The summed E-state index contributed by atoms with van der Waals surface area (Å²) in [6, 6.07) is 11.2. The quantitative estimate of drug-likeness (QED) is 0.222. The van der Waals surface area contributed by atoms with E-state index in [1.54, 1.807) is 0 Å². The van der Waals surface area contributed by atoms with Gasteiger partial charge in [-0.05, 0) is 42.0 Å². The third-order valence-electron chi connectivity index (χ3n) is 5.80. The lowest BCUT2D eigenvalue weighted by Gasteiger charge is -2.49. The van der Waals surface area contributed by atoms with Crippen LogP contribution in [0, 0.1) is 15.9 Å². The molecule has 0 radical (unpaired) electrons. The first kappa shape index (κ1) is 22.0. The topological polar surface area (TPSA) is 101 Å². The largest absolute Gasteiger partial charge is 0.300 e. The first-order chi connectivity index (χ1) is 16.2. The van der Waals surface area contributed by atoms with Crippen LogP contribution >= 0.6 is 23.2 Å². The number of rotatable bonds is 4. The molecule has 170 valence electrons. The normalized spacial score (nSPS) is 19.3. The molecule has 8 nitrogen and oxygen atoms in total. The zero-order valence-electron chi connectivity index (χ0n) is 16.9. The van der Waals surface area contributed by atoms with Crippen molar-refractivity contribution < 1.29 is 23.7 Å². The third kappa shape index (κ3) is 3.24. The van der Waals surface area contributed by atoms with Gasteiger partial charge in [0.2, 0.25) is 0 Å². The maximum atomic E-state index is 13.6. The Hall–Kier alpha value is -3.82. The Kier molecular flexibility index (Phi) is 5.11. The summed E-state index contributed by atoms with van der Waals surface area (Å²) in [4.78, 5) is 52.5. The van der Waals surface area contributed by atoms with Crippen molar-refractivity contribution in [3.05, 3.63) is 103 Å². The highest BCUT2D eigenvalue weighted by molar-refractivity contribution is 6.35. The Bertz CT molecular complexity index is 1390. The number of imide groups is 1. The standard InChI is InChI=1S/C23H12Cl2FN3O5/c24-12-8-13(25)10-15(9-12)27-19(11-4-6-14(26)7-5-11)20(23(27)32)28-21(30)16-2-1-3-17(29(33)34)18(16)22(28)31/h1-10,19-20H/t19-,20+/m1/s1. The minimum absolute atomic E-state index is 0.158. The Labute approximate surface area is 201 Å². The van der Waals surface area contributed by atoms with Gasteiger partial charge in [-0.1, -0.05) is 41.4 Å². The number of nitrogens with zero attached hydrogens (tertiary/aromatic N) is 3. The average Bonchev–Trinajstić information content (AvgIpc) is 3.03. The van der Waals surface area contributed by atoms with Gasteiger partial charge in [0.05, 0.1) is 16.5 Å². The molecule has 2 aliphatic rings. The van der Waals surface area contributed by atoms with Crippen LogP contribution in [0.25, 0.3) is 0 Å². The third-order valence-corrected chi connectivity index (χ3v) is 6.24. The summed E-state index contributed by atoms with van der Waals surface area (Å²) in [5.74, 6) is -2.90. The van der Waals surface area contributed by atoms with Crippen molar-refractivity contribution in [3.8, 4) is 0 Å². The highest BCUT2D eigenvalue weighted by Crippen LogP contribution is 2.46. The highest BCUT2D eigenvalue weighted by Gasteiger charge is 2.58. The van der Waals surface area contributed by atoms with E-state index in [-0.39, 0.29) is 21.2 Å². The smallest absolute Gasteiger partial charge is 0.282 e. The summed E-state index contributed by atoms with van der Waals surface area (Å²) in [6.07, 6.45) is 0. The van der Waals surface area contributed by atoms with E-state index in [9.17, 15) is 28.9 Å². The lowest BCUT2D eigenvalue weighted by Crippen LogP contribution is -2.67. The van der Waals surface area contributed by atoms with Gasteiger partial charge in [0.1, 0.15) is 17.4 Å². The first-order valence-corrected chi connectivity index (χ1v) is 10.6. The number of nitro groups is 1.